The second kappa shape index (κ2) is 59.8. The third-order valence-corrected chi connectivity index (χ3v) is 14.2. The monoisotopic (exact) mass is 1150 g/mol. The number of nitrogens with one attached hydrogen (secondary N) is 1. The number of phosphoric acid groups is 1. The van der Waals surface area contributed by atoms with Gasteiger partial charge in [0.2, 0.25) is 5.91 Å². The summed E-state index contributed by atoms with van der Waals surface area (Å²) in [4.78, 5) is 40.0. The molecule has 0 spiro atoms. The van der Waals surface area contributed by atoms with Crippen LogP contribution in [0.5, 0.6) is 0 Å². The van der Waals surface area contributed by atoms with Gasteiger partial charge < -0.3 is 28.5 Å². The molecule has 0 saturated carbocycles. The van der Waals surface area contributed by atoms with E-state index in [2.05, 4.69) is 160 Å². The molecule has 0 heterocycles. The van der Waals surface area contributed by atoms with E-state index in [1.54, 1.807) is 6.08 Å². The molecule has 1 amide bonds. The van der Waals surface area contributed by atoms with Gasteiger partial charge in [-0.3, -0.25) is 14.2 Å². The van der Waals surface area contributed by atoms with E-state index in [1.807, 2.05) is 39.4 Å². The molecule has 464 valence electrons. The first-order valence-corrected chi connectivity index (χ1v) is 33.8. The smallest absolute Gasteiger partial charge is 0.306 e. The summed E-state index contributed by atoms with van der Waals surface area (Å²) in [7, 11) is 1.10. The van der Waals surface area contributed by atoms with Gasteiger partial charge in [0.05, 0.1) is 33.8 Å². The summed E-state index contributed by atoms with van der Waals surface area (Å²) in [6.07, 6.45) is 88.0. The zero-order chi connectivity index (χ0) is 60.0. The fourth-order valence-electron chi connectivity index (χ4n) is 8.31. The molecular formula is C72H119N2O7P. The molecule has 0 bridgehead atoms. The van der Waals surface area contributed by atoms with Crippen LogP contribution in [0.2, 0.25) is 0 Å². The Hall–Kier alpha value is -4.37. The normalized spacial score (nSPS) is 14.7. The Morgan fingerprint density at radius 3 is 1.20 bits per heavy atom. The molecule has 0 aromatic rings. The molecule has 3 unspecified atom stereocenters. The van der Waals surface area contributed by atoms with Gasteiger partial charge in [0, 0.05) is 12.8 Å². The maximum atomic E-state index is 13.5. The van der Waals surface area contributed by atoms with Crippen LogP contribution >= 0.6 is 7.82 Å². The topological polar surface area (TPSA) is 114 Å². The minimum absolute atomic E-state index is 0.0477. The van der Waals surface area contributed by atoms with E-state index in [1.165, 1.54) is 51.4 Å². The van der Waals surface area contributed by atoms with Crippen molar-refractivity contribution in [1.82, 2.24) is 5.32 Å². The van der Waals surface area contributed by atoms with Crippen molar-refractivity contribution in [1.29, 1.82) is 0 Å². The zero-order valence-corrected chi connectivity index (χ0v) is 53.8. The van der Waals surface area contributed by atoms with Crippen molar-refractivity contribution in [3.8, 4) is 0 Å². The van der Waals surface area contributed by atoms with Crippen molar-refractivity contribution in [3.05, 3.63) is 158 Å². The molecule has 0 saturated heterocycles. The molecule has 0 aliphatic rings. The fourth-order valence-corrected chi connectivity index (χ4v) is 9.03. The first kappa shape index (κ1) is 77.6. The first-order valence-electron chi connectivity index (χ1n) is 32.3. The molecule has 0 fully saturated rings. The predicted octanol–water partition coefficient (Wildman–Crippen LogP) is 19.8. The Balaban J connectivity index is 5.34. The van der Waals surface area contributed by atoms with Gasteiger partial charge in [-0.1, -0.05) is 256 Å². The van der Waals surface area contributed by atoms with Gasteiger partial charge in [-0.15, -0.1) is 0 Å². The molecule has 0 rings (SSSR count). The number of carbonyl (C=O) groups is 2. The van der Waals surface area contributed by atoms with Crippen LogP contribution in [-0.2, 0) is 27.9 Å². The number of unbranched alkanes of at least 4 members (excludes halogenated alkanes) is 16. The molecule has 1 N–H and O–H groups in total. The molecule has 0 radical (unpaired) electrons. The predicted molar refractivity (Wildman–Crippen MR) is 352 cm³/mol. The van der Waals surface area contributed by atoms with Crippen LogP contribution in [0.1, 0.15) is 233 Å². The number of phosphoric ester groups is 1. The number of hydrogen-bond acceptors (Lipinski definition) is 7. The average molecular weight is 1160 g/mol. The highest BCUT2D eigenvalue weighted by Crippen LogP contribution is 2.38. The van der Waals surface area contributed by atoms with Gasteiger partial charge in [-0.2, -0.15) is 0 Å². The van der Waals surface area contributed by atoms with Crippen molar-refractivity contribution >= 4 is 19.7 Å². The Morgan fingerprint density at radius 2 is 0.793 bits per heavy atom. The summed E-state index contributed by atoms with van der Waals surface area (Å²) in [6, 6.07) is -0.948. The van der Waals surface area contributed by atoms with E-state index in [0.717, 1.165) is 135 Å². The summed E-state index contributed by atoms with van der Waals surface area (Å²) < 4.78 is 30.3. The molecule has 0 aliphatic carbocycles. The third-order valence-electron chi connectivity index (χ3n) is 13.2. The van der Waals surface area contributed by atoms with Gasteiger partial charge >= 0.3 is 5.97 Å². The van der Waals surface area contributed by atoms with Crippen LogP contribution < -0.4 is 10.2 Å². The minimum Gasteiger partial charge on any atom is -0.756 e. The summed E-state index contributed by atoms with van der Waals surface area (Å²) >= 11 is 0. The van der Waals surface area contributed by atoms with Crippen molar-refractivity contribution in [2.45, 2.75) is 245 Å². The van der Waals surface area contributed by atoms with Crippen molar-refractivity contribution in [2.24, 2.45) is 0 Å². The lowest BCUT2D eigenvalue weighted by atomic mass is 10.1. The van der Waals surface area contributed by atoms with E-state index >= 15 is 0 Å². The third kappa shape index (κ3) is 60.2. The van der Waals surface area contributed by atoms with E-state index in [0.29, 0.717) is 23.9 Å². The maximum Gasteiger partial charge on any atom is 0.306 e. The maximum absolute atomic E-state index is 13.5. The molecule has 3 atom stereocenters. The summed E-state index contributed by atoms with van der Waals surface area (Å²) in [5, 5.41) is 2.97. The Morgan fingerprint density at radius 1 is 0.439 bits per heavy atom. The number of amides is 1. The van der Waals surface area contributed by atoms with Crippen LogP contribution in [0.3, 0.4) is 0 Å². The van der Waals surface area contributed by atoms with Crippen LogP contribution in [0.25, 0.3) is 0 Å². The lowest BCUT2D eigenvalue weighted by Gasteiger charge is -2.30. The lowest BCUT2D eigenvalue weighted by Crippen LogP contribution is -2.47. The number of carbonyl (C=O) groups excluding carboxylic acids is 2. The van der Waals surface area contributed by atoms with Crippen LogP contribution in [0, 0.1) is 0 Å². The number of ether oxygens (including phenoxy) is 1. The van der Waals surface area contributed by atoms with E-state index < -0.39 is 26.6 Å². The molecule has 82 heavy (non-hydrogen) atoms. The number of esters is 1. The molecule has 0 aromatic heterocycles. The van der Waals surface area contributed by atoms with Crippen LogP contribution in [0.15, 0.2) is 158 Å². The van der Waals surface area contributed by atoms with E-state index in [4.69, 9.17) is 13.8 Å². The second-order valence-electron chi connectivity index (χ2n) is 22.1. The SMILES string of the molecule is CC/C=C\C/C=C\C/C=C\C/C=C\C/C=C\C/C=C\CCCCCCCCC(=O)OC(/C=C\CCCCCCCCCCCC)C(COP(=O)([O-])OCC[N+](C)(C)C)NC(=O)CC/C=C\C/C=C\C/C=C\C/C=C\C/C=C\C/C=C\CC. The molecule has 9 nitrogen and oxygen atoms in total. The Labute approximate surface area is 503 Å². The number of hydrogen-bond donors (Lipinski definition) is 1. The fraction of sp³-hybridized carbons (Fsp3) is 0.611. The largest absolute Gasteiger partial charge is 0.756 e. The van der Waals surface area contributed by atoms with Crippen molar-refractivity contribution in [2.75, 3.05) is 40.9 Å². The molecule has 10 heteroatoms. The average Bonchev–Trinajstić information content (AvgIpc) is 3.44. The highest BCUT2D eigenvalue weighted by atomic mass is 31.2. The van der Waals surface area contributed by atoms with Crippen LogP contribution in [-0.4, -0.2) is 69.4 Å². The number of quaternary nitrogens is 1. The molecular weight excluding hydrogens is 1040 g/mol. The molecule has 0 aromatic carbocycles. The van der Waals surface area contributed by atoms with E-state index in [9.17, 15) is 19.0 Å². The summed E-state index contributed by atoms with van der Waals surface area (Å²) in [5.41, 5.74) is 0. The summed E-state index contributed by atoms with van der Waals surface area (Å²) in [6.45, 7) is 6.52. The Bertz CT molecular complexity index is 1960. The van der Waals surface area contributed by atoms with Crippen molar-refractivity contribution < 1.29 is 37.3 Å². The minimum atomic E-state index is -4.74. The standard InChI is InChI=1S/C72H119N2O7P/c1-7-10-13-16-19-22-25-28-30-32-34-35-36-37-38-39-41-43-45-47-50-53-56-59-62-65-72(76)81-70(63-60-57-54-51-48-27-24-21-18-15-12-9-3)69(68-80-82(77,78)79-67-66-74(4,5)6)73-71(75)64-61-58-55-52-49-46-44-42-40-33-31-29-26-23-20-17-14-11-8-2/h10-11,13-14,19-20,22-23,28-31,34-35,37-38,40-43,46,49,55,58,60,63,69-70H,7-9,12,15-18,21,24-27,32-33,36,39,44-45,47-48,50-54,56-57,59,61-62,64-68H2,1-6H3,(H-,73,75,77,78)/b13-10-,14-11-,22-19-,23-20-,30-28-,31-29-,35-34-,38-37-,42-40-,43-41-,49-46-,58-55-,63-60-. The first-order chi connectivity index (χ1) is 39.9. The quantitative estimate of drug-likeness (QED) is 0.0212. The number of rotatable bonds is 56. The number of nitrogens with zero attached hydrogens (tertiary/aromatic N) is 1. The molecule has 0 aliphatic heterocycles. The van der Waals surface area contributed by atoms with Gasteiger partial charge in [0.15, 0.2) is 0 Å². The highest BCUT2D eigenvalue weighted by Gasteiger charge is 2.27. The highest BCUT2D eigenvalue weighted by molar-refractivity contribution is 7.45. The van der Waals surface area contributed by atoms with Gasteiger partial charge in [-0.05, 0) is 122 Å². The second-order valence-corrected chi connectivity index (χ2v) is 23.6. The number of allylic oxidation sites excluding steroid dienone is 25. The van der Waals surface area contributed by atoms with Crippen molar-refractivity contribution in [3.63, 3.8) is 0 Å². The van der Waals surface area contributed by atoms with Gasteiger partial charge in [0.25, 0.3) is 7.82 Å². The van der Waals surface area contributed by atoms with Gasteiger partial charge in [-0.25, -0.2) is 0 Å². The van der Waals surface area contributed by atoms with Crippen LogP contribution in [0.4, 0.5) is 0 Å². The summed E-state index contributed by atoms with van der Waals surface area (Å²) in [5.74, 6) is -0.669. The lowest BCUT2D eigenvalue weighted by molar-refractivity contribution is -0.870. The van der Waals surface area contributed by atoms with E-state index in [-0.39, 0.29) is 31.3 Å². The Kier molecular flexibility index (Phi) is 56.6. The zero-order valence-electron chi connectivity index (χ0n) is 52.9. The van der Waals surface area contributed by atoms with Gasteiger partial charge in [0.1, 0.15) is 19.3 Å². The number of likely N-dealkylation sites (N-methyl/N-ethyl adjacent to an activating group) is 1.